The minimum Gasteiger partial charge on any atom is -0.472 e. The van der Waals surface area contributed by atoms with E-state index in [-0.39, 0.29) is 38.0 Å². The number of carbonyl (C=O) groups excluding carboxylic acids is 5. The number of pyridine rings is 1. The third-order valence-electron chi connectivity index (χ3n) is 9.13. The number of aromatic nitrogens is 1. The van der Waals surface area contributed by atoms with Crippen LogP contribution in [0.2, 0.25) is 0 Å². The number of rotatable bonds is 14. The third kappa shape index (κ3) is 9.16. The Hall–Kier alpha value is -4.79. The van der Waals surface area contributed by atoms with Gasteiger partial charge in [-0.2, -0.15) is 0 Å². The molecule has 0 spiro atoms. The van der Waals surface area contributed by atoms with Gasteiger partial charge in [0.25, 0.3) is 5.91 Å². The number of hydrogen-bond donors (Lipinski definition) is 3. The number of benzene rings is 1. The molecule has 15 heteroatoms. The number of sulfonamides is 1. The molecule has 2 aliphatic carbocycles. The lowest BCUT2D eigenvalue weighted by Gasteiger charge is -2.30. The Labute approximate surface area is 303 Å². The first kappa shape index (κ1) is 38.4. The maximum absolute atomic E-state index is 14.4. The molecule has 3 fully saturated rings. The van der Waals surface area contributed by atoms with Crippen molar-refractivity contribution in [3.05, 3.63) is 60.8 Å². The van der Waals surface area contributed by atoms with E-state index in [1.165, 1.54) is 17.1 Å². The van der Waals surface area contributed by atoms with Gasteiger partial charge in [0.2, 0.25) is 27.7 Å². The van der Waals surface area contributed by atoms with E-state index in [9.17, 15) is 32.4 Å². The van der Waals surface area contributed by atoms with Crippen molar-refractivity contribution in [3.8, 4) is 5.88 Å². The zero-order valence-electron chi connectivity index (χ0n) is 30.1. The molecule has 3 N–H and O–H groups in total. The molecule has 0 bridgehead atoms. The predicted octanol–water partition coefficient (Wildman–Crippen LogP) is 3.46. The van der Waals surface area contributed by atoms with Crippen LogP contribution in [-0.2, 0) is 33.9 Å². The molecule has 2 saturated carbocycles. The van der Waals surface area contributed by atoms with Gasteiger partial charge in [0.15, 0.2) is 5.78 Å². The Kier molecular flexibility index (Phi) is 11.1. The molecule has 5 atom stereocenters. The van der Waals surface area contributed by atoms with E-state index in [4.69, 9.17) is 9.47 Å². The summed E-state index contributed by atoms with van der Waals surface area (Å²) in [6, 6.07) is 6.79. The van der Waals surface area contributed by atoms with E-state index >= 15 is 0 Å². The van der Waals surface area contributed by atoms with E-state index in [1.54, 1.807) is 40.8 Å². The average molecular weight is 738 g/mol. The highest BCUT2D eigenvalue weighted by Gasteiger charge is 2.62. The highest BCUT2D eigenvalue weighted by molar-refractivity contribution is 7.91. The van der Waals surface area contributed by atoms with Crippen LogP contribution in [0.1, 0.15) is 73.1 Å². The van der Waals surface area contributed by atoms with Gasteiger partial charge in [-0.05, 0) is 83.9 Å². The molecule has 280 valence electrons. The molecule has 14 nitrogen and oxygen atoms in total. The minimum atomic E-state index is -3.92. The number of nitrogens with one attached hydrogen (secondary N) is 3. The topological polar surface area (TPSA) is 190 Å². The molecule has 5 rings (SSSR count). The fourth-order valence-electron chi connectivity index (χ4n) is 6.33. The quantitative estimate of drug-likeness (QED) is 0.191. The molecule has 1 aromatic carbocycles. The van der Waals surface area contributed by atoms with Gasteiger partial charge in [0.1, 0.15) is 29.3 Å². The van der Waals surface area contributed by atoms with Crippen molar-refractivity contribution < 1.29 is 41.9 Å². The van der Waals surface area contributed by atoms with Gasteiger partial charge >= 0.3 is 6.09 Å². The molecule has 3 aliphatic rings. The van der Waals surface area contributed by atoms with Crippen LogP contribution in [0.3, 0.4) is 0 Å². The molecule has 1 aliphatic heterocycles. The Balaban J connectivity index is 1.44. The normalized spacial score (nSPS) is 23.2. The second-order valence-corrected chi connectivity index (χ2v) is 16.9. The van der Waals surface area contributed by atoms with E-state index in [0.29, 0.717) is 18.7 Å². The maximum Gasteiger partial charge on any atom is 0.408 e. The zero-order chi connectivity index (χ0) is 38.0. The number of ketones is 1. The summed E-state index contributed by atoms with van der Waals surface area (Å²) in [4.78, 5) is 73.3. The summed E-state index contributed by atoms with van der Waals surface area (Å²) in [7, 11) is -3.92. The summed E-state index contributed by atoms with van der Waals surface area (Å²) in [6.45, 7) is 12.2. The van der Waals surface area contributed by atoms with Crippen molar-refractivity contribution in [3.63, 3.8) is 0 Å². The summed E-state index contributed by atoms with van der Waals surface area (Å²) in [5, 5.41) is 6.27. The molecule has 0 radical (unpaired) electrons. The second-order valence-electron chi connectivity index (χ2n) is 14.9. The molecular weight excluding hydrogens is 691 g/mol. The monoisotopic (exact) mass is 737 g/mol. The number of carbonyl (C=O) groups is 5. The first-order valence-corrected chi connectivity index (χ1v) is 19.0. The van der Waals surface area contributed by atoms with Gasteiger partial charge in [-0.1, -0.05) is 29.8 Å². The number of likely N-dealkylation sites (tertiary alicyclic amines) is 1. The maximum atomic E-state index is 14.4. The molecule has 4 amide bonds. The summed E-state index contributed by atoms with van der Waals surface area (Å²) in [5.41, 5.74) is -1.70. The molecule has 2 aromatic rings. The number of fused-ring (bicyclic) bond motifs is 1. The van der Waals surface area contributed by atoms with Crippen LogP contribution in [-0.4, -0.2) is 89.0 Å². The summed E-state index contributed by atoms with van der Waals surface area (Å²) < 4.78 is 39.2. The molecular formula is C37H47N5O9S. The van der Waals surface area contributed by atoms with Crippen molar-refractivity contribution in [2.75, 3.05) is 6.54 Å². The van der Waals surface area contributed by atoms with Gasteiger partial charge in [-0.25, -0.2) is 18.2 Å². The molecule has 52 heavy (non-hydrogen) atoms. The van der Waals surface area contributed by atoms with Crippen LogP contribution < -0.4 is 20.1 Å². The van der Waals surface area contributed by atoms with Crippen molar-refractivity contribution in [2.45, 2.75) is 108 Å². The number of ether oxygens (including phenoxy) is 2. The molecule has 2 heterocycles. The SMILES string of the molecule is C=CC1CC1(NC(=O)C1CC(Oc2nccc3ccccc23)CN1C(=O)C(CCC(=O)C=C(C)C)NC(=O)OC(C)(C)C)C(=O)NS(=O)(=O)C1CC1. The highest BCUT2D eigenvalue weighted by atomic mass is 32.2. The first-order chi connectivity index (χ1) is 24.4. The number of amides is 4. The first-order valence-electron chi connectivity index (χ1n) is 17.4. The highest BCUT2D eigenvalue weighted by Crippen LogP contribution is 2.45. The number of nitrogens with zero attached hydrogens (tertiary/aromatic N) is 2. The lowest BCUT2D eigenvalue weighted by Crippen LogP contribution is -2.58. The van der Waals surface area contributed by atoms with Gasteiger partial charge < -0.3 is 25.0 Å². The lowest BCUT2D eigenvalue weighted by atomic mass is 10.1. The number of hydrogen-bond acceptors (Lipinski definition) is 10. The van der Waals surface area contributed by atoms with E-state index in [0.717, 1.165) is 16.3 Å². The predicted molar refractivity (Wildman–Crippen MR) is 192 cm³/mol. The van der Waals surface area contributed by atoms with Gasteiger partial charge in [0, 0.05) is 30.3 Å². The minimum absolute atomic E-state index is 0.0187. The van der Waals surface area contributed by atoms with Crippen LogP contribution in [0.15, 0.2) is 60.8 Å². The fraction of sp³-hybridized carbons (Fsp3) is 0.514. The smallest absolute Gasteiger partial charge is 0.408 e. The van der Waals surface area contributed by atoms with Gasteiger partial charge in [0.05, 0.1) is 11.8 Å². The largest absolute Gasteiger partial charge is 0.472 e. The van der Waals surface area contributed by atoms with Crippen LogP contribution in [0, 0.1) is 5.92 Å². The summed E-state index contributed by atoms with van der Waals surface area (Å²) in [6.07, 6.45) is 3.69. The third-order valence-corrected chi connectivity index (χ3v) is 10.9. The van der Waals surface area contributed by atoms with E-state index in [2.05, 4.69) is 26.9 Å². The van der Waals surface area contributed by atoms with Crippen molar-refractivity contribution in [1.29, 1.82) is 0 Å². The van der Waals surface area contributed by atoms with Gasteiger partial charge in [-0.15, -0.1) is 6.58 Å². The summed E-state index contributed by atoms with van der Waals surface area (Å²) >= 11 is 0. The van der Waals surface area contributed by atoms with Crippen molar-refractivity contribution in [2.24, 2.45) is 5.92 Å². The molecule has 1 aromatic heterocycles. The average Bonchev–Trinajstić information content (AvgIpc) is 3.98. The van der Waals surface area contributed by atoms with Gasteiger partial charge in [-0.3, -0.25) is 23.9 Å². The van der Waals surface area contributed by atoms with Crippen molar-refractivity contribution in [1.82, 2.24) is 25.2 Å². The van der Waals surface area contributed by atoms with Crippen LogP contribution in [0.25, 0.3) is 10.8 Å². The van der Waals surface area contributed by atoms with Crippen LogP contribution in [0.5, 0.6) is 5.88 Å². The Morgan fingerprint density at radius 1 is 1.12 bits per heavy atom. The Morgan fingerprint density at radius 2 is 1.83 bits per heavy atom. The summed E-state index contributed by atoms with van der Waals surface area (Å²) in [5.74, 6) is -2.76. The Bertz CT molecular complexity index is 1890. The number of allylic oxidation sites excluding steroid dienone is 2. The van der Waals surface area contributed by atoms with Crippen molar-refractivity contribution >= 4 is 50.4 Å². The van der Waals surface area contributed by atoms with E-state index < -0.39 is 74.3 Å². The Morgan fingerprint density at radius 3 is 2.46 bits per heavy atom. The number of alkyl carbamates (subject to hydrolysis) is 1. The fourth-order valence-corrected chi connectivity index (χ4v) is 7.69. The molecule has 1 saturated heterocycles. The van der Waals surface area contributed by atoms with Crippen LogP contribution in [0.4, 0.5) is 4.79 Å². The zero-order valence-corrected chi connectivity index (χ0v) is 31.0. The van der Waals surface area contributed by atoms with E-state index in [1.807, 2.05) is 30.3 Å². The van der Waals surface area contributed by atoms with Crippen LogP contribution >= 0.6 is 0 Å². The standard InChI is InChI=1S/C37H47N5O9S/c1-7-24-20-37(24,34(46)41-52(48,49)27-13-14-27)40-31(44)30-19-26(50-32-28-11-9-8-10-23(28)16-17-38-32)21-42(30)33(45)29(15-12-25(43)18-22(2)3)39-35(47)51-36(4,5)6/h7-11,16-18,24,26-27,29-30H,1,12-15,19-21H2,2-6H3,(H,39,47)(H,40,44)(H,41,46). The lowest BCUT2D eigenvalue weighted by molar-refractivity contribution is -0.141. The molecule has 5 unspecified atom stereocenters. The second kappa shape index (κ2) is 15.1.